The fourth-order valence-corrected chi connectivity index (χ4v) is 5.80. The Bertz CT molecular complexity index is 2580. The lowest BCUT2D eigenvalue weighted by Gasteiger charge is -2.04. The molecular formula is C36H19FN6O2. The van der Waals surface area contributed by atoms with Crippen LogP contribution in [0.4, 0.5) is 4.39 Å². The van der Waals surface area contributed by atoms with Gasteiger partial charge in [-0.15, -0.1) is 0 Å². The fourth-order valence-electron chi connectivity index (χ4n) is 5.80. The van der Waals surface area contributed by atoms with Crippen molar-refractivity contribution in [1.29, 1.82) is 10.5 Å². The van der Waals surface area contributed by atoms with Gasteiger partial charge in [0.2, 0.25) is 12.4 Å². The van der Waals surface area contributed by atoms with Crippen molar-refractivity contribution in [2.45, 2.75) is 6.92 Å². The summed E-state index contributed by atoms with van der Waals surface area (Å²) >= 11 is 0. The summed E-state index contributed by atoms with van der Waals surface area (Å²) in [6, 6.07) is 25.4. The summed E-state index contributed by atoms with van der Waals surface area (Å²) in [7, 11) is 0. The van der Waals surface area contributed by atoms with E-state index in [1.54, 1.807) is 36.4 Å². The monoisotopic (exact) mass is 586 g/mol. The van der Waals surface area contributed by atoms with Crippen LogP contribution in [0.1, 0.15) is 27.6 Å². The van der Waals surface area contributed by atoms with Gasteiger partial charge in [-0.05, 0) is 41.3 Å². The van der Waals surface area contributed by atoms with Gasteiger partial charge in [0.1, 0.15) is 21.7 Å². The van der Waals surface area contributed by atoms with E-state index in [1.165, 1.54) is 6.92 Å². The highest BCUT2D eigenvalue weighted by Gasteiger charge is 2.19. The summed E-state index contributed by atoms with van der Waals surface area (Å²) in [6.45, 7) is 0.462. The molecule has 0 spiro atoms. The molecule has 0 saturated carbocycles. The Labute approximate surface area is 254 Å². The molecule has 8 nitrogen and oxygen atoms in total. The first kappa shape index (κ1) is 27.4. The van der Waals surface area contributed by atoms with Crippen molar-refractivity contribution in [2.75, 3.05) is 6.67 Å². The van der Waals surface area contributed by atoms with Crippen molar-refractivity contribution in [3.05, 3.63) is 107 Å². The Morgan fingerprint density at radius 1 is 0.622 bits per heavy atom. The molecule has 0 fully saturated rings. The number of carbonyl (C=O) groups excluding carboxylic acids is 2. The molecule has 0 radical (unpaired) electrons. The topological polar surface area (TPSA) is 132 Å². The normalized spacial score (nSPS) is 12.3. The Morgan fingerprint density at radius 2 is 1.04 bits per heavy atom. The predicted molar refractivity (Wildman–Crippen MR) is 168 cm³/mol. The number of alkyl halides is 1. The second-order valence-electron chi connectivity index (χ2n) is 10.5. The maximum Gasteiger partial charge on any atom is 0.206 e. The smallest absolute Gasteiger partial charge is 0.206 e. The number of hydrogen-bond acceptors (Lipinski definition) is 8. The van der Waals surface area contributed by atoms with Gasteiger partial charge in [0, 0.05) is 32.7 Å². The molecule has 6 aromatic carbocycles. The van der Waals surface area contributed by atoms with Gasteiger partial charge in [0.05, 0.1) is 11.0 Å². The Morgan fingerprint density at radius 3 is 1.44 bits per heavy atom. The molecule has 0 saturated heterocycles. The summed E-state index contributed by atoms with van der Waals surface area (Å²) in [6.07, 6.45) is 3.79. The predicted octanol–water partition coefficient (Wildman–Crippen LogP) is 6.42. The molecule has 9 heteroatoms. The van der Waals surface area contributed by atoms with Gasteiger partial charge >= 0.3 is 0 Å². The zero-order valence-corrected chi connectivity index (χ0v) is 23.7. The summed E-state index contributed by atoms with van der Waals surface area (Å²) in [5, 5.41) is 22.8. The largest absolute Gasteiger partial charge is 0.295 e. The number of hydrogen-bond donors (Lipinski definition) is 0. The van der Waals surface area contributed by atoms with E-state index >= 15 is 0 Å². The highest BCUT2D eigenvalue weighted by Crippen LogP contribution is 2.32. The van der Waals surface area contributed by atoms with E-state index in [0.717, 1.165) is 33.0 Å². The van der Waals surface area contributed by atoms with Crippen LogP contribution in [0.2, 0.25) is 0 Å². The molecule has 0 N–H and O–H groups in total. The number of fused-ring (bicyclic) bond motifs is 6. The molecule has 212 valence electrons. The minimum atomic E-state index is -1.06. The molecule has 7 aromatic rings. The first-order valence-corrected chi connectivity index (χ1v) is 13.9. The van der Waals surface area contributed by atoms with E-state index in [0.29, 0.717) is 49.1 Å². The number of aromatic nitrogens is 2. The van der Waals surface area contributed by atoms with Gasteiger partial charge in [-0.3, -0.25) is 9.59 Å². The maximum absolute atomic E-state index is 12.8. The lowest BCUT2D eigenvalue weighted by molar-refractivity contribution is 0.0957. The van der Waals surface area contributed by atoms with Crippen molar-refractivity contribution >= 4 is 55.2 Å². The van der Waals surface area contributed by atoms with E-state index in [1.807, 2.05) is 60.9 Å². The van der Waals surface area contributed by atoms with Crippen LogP contribution in [0.5, 0.6) is 0 Å². The molecule has 0 atom stereocenters. The third-order valence-electron chi connectivity index (χ3n) is 8.01. The van der Waals surface area contributed by atoms with E-state index < -0.39 is 12.5 Å². The standard InChI is InChI=1S/C36H19FN6O2/c1-19(44)20-2-4-21(5-3-20)24-10-12-26-28(14-24)31(40-17-38)35-33(26)42-36-32(41-18-39)29-15-25(11-13-27(29)34(36)43-35)22-6-8-23(9-7-22)30(45)16-37/h2-15H,16H2,1H3. The summed E-state index contributed by atoms with van der Waals surface area (Å²) in [5.41, 5.74) is 6.24. The first-order chi connectivity index (χ1) is 21.9. The minimum absolute atomic E-state index is 0.0156. The lowest BCUT2D eigenvalue weighted by Crippen LogP contribution is -2.03. The molecule has 0 aliphatic rings. The second-order valence-corrected chi connectivity index (χ2v) is 10.5. The number of Topliss-reactive ketones (excluding diaryl/α,β-unsaturated/α-hetero) is 2. The van der Waals surface area contributed by atoms with Crippen molar-refractivity contribution in [3.8, 4) is 34.6 Å². The fraction of sp³-hybridized carbons (Fsp3) is 0.0556. The van der Waals surface area contributed by atoms with Crippen LogP contribution >= 0.6 is 0 Å². The number of carbonyl (C=O) groups is 2. The van der Waals surface area contributed by atoms with Crippen molar-refractivity contribution < 1.29 is 14.0 Å². The van der Waals surface area contributed by atoms with E-state index in [2.05, 4.69) is 9.98 Å². The van der Waals surface area contributed by atoms with Gasteiger partial charge in [-0.1, -0.05) is 72.8 Å². The zero-order valence-electron chi connectivity index (χ0n) is 23.7. The van der Waals surface area contributed by atoms with Gasteiger partial charge in [-0.2, -0.15) is 20.5 Å². The average Bonchev–Trinajstić information content (AvgIpc) is 3.54. The van der Waals surface area contributed by atoms with Crippen LogP contribution in [-0.2, 0) is 0 Å². The van der Waals surface area contributed by atoms with E-state index in [-0.39, 0.29) is 11.3 Å². The van der Waals surface area contributed by atoms with Gasteiger partial charge in [-0.25, -0.2) is 14.4 Å². The summed E-state index contributed by atoms with van der Waals surface area (Å²) < 4.78 is 12.8. The van der Waals surface area contributed by atoms with Crippen LogP contribution in [-0.4, -0.2) is 28.2 Å². The molecule has 0 aliphatic carbocycles. The number of nitrogens with zero attached hydrogens (tertiary/aromatic N) is 6. The van der Waals surface area contributed by atoms with Crippen molar-refractivity contribution in [2.24, 2.45) is 9.98 Å². The molecule has 7 rings (SSSR count). The average molecular weight is 587 g/mol. The van der Waals surface area contributed by atoms with Crippen LogP contribution in [0.15, 0.2) is 94.9 Å². The highest BCUT2D eigenvalue weighted by molar-refractivity contribution is 6.15. The van der Waals surface area contributed by atoms with Crippen LogP contribution < -0.4 is 10.7 Å². The maximum atomic E-state index is 12.8. The van der Waals surface area contributed by atoms with Gasteiger partial charge in [0.15, 0.2) is 18.2 Å². The van der Waals surface area contributed by atoms with E-state index in [9.17, 15) is 24.5 Å². The third-order valence-corrected chi connectivity index (χ3v) is 8.01. The van der Waals surface area contributed by atoms with E-state index in [4.69, 9.17) is 9.97 Å². The molecule has 0 bridgehead atoms. The molecular weight excluding hydrogens is 567 g/mol. The molecule has 45 heavy (non-hydrogen) atoms. The van der Waals surface area contributed by atoms with Gasteiger partial charge in [0.25, 0.3) is 0 Å². The molecule has 1 aromatic heterocycles. The zero-order chi connectivity index (χ0) is 31.2. The van der Waals surface area contributed by atoms with Crippen LogP contribution in [0.3, 0.4) is 0 Å². The molecule has 0 amide bonds. The Kier molecular flexibility index (Phi) is 6.50. The van der Waals surface area contributed by atoms with Crippen LogP contribution in [0.25, 0.3) is 65.9 Å². The number of nitriles is 2. The number of rotatable bonds is 5. The highest BCUT2D eigenvalue weighted by atomic mass is 19.1. The quantitative estimate of drug-likeness (QED) is 0.169. The Hall–Kier alpha value is -6.45. The summed E-state index contributed by atoms with van der Waals surface area (Å²) in [5.74, 6) is -0.599. The SMILES string of the molecule is CC(=O)c1ccc(-c2ccc3c(c2)c(=NC#N)c2nc4c(nc23)c(=NC#N)c2cc(-c3ccc(C(=O)CF)cc3)ccc24)cc1. The summed E-state index contributed by atoms with van der Waals surface area (Å²) in [4.78, 5) is 41.6. The van der Waals surface area contributed by atoms with Crippen molar-refractivity contribution in [1.82, 2.24) is 9.97 Å². The molecule has 0 unspecified atom stereocenters. The van der Waals surface area contributed by atoms with Crippen molar-refractivity contribution in [3.63, 3.8) is 0 Å². The molecule has 0 aliphatic heterocycles. The third kappa shape index (κ3) is 4.43. The number of halogens is 1. The number of benzene rings is 4. The minimum Gasteiger partial charge on any atom is -0.295 e. The second kappa shape index (κ2) is 10.7. The first-order valence-electron chi connectivity index (χ1n) is 13.9. The van der Waals surface area contributed by atoms with Crippen LogP contribution in [0, 0.1) is 22.9 Å². The lowest BCUT2D eigenvalue weighted by atomic mass is 10.0. The van der Waals surface area contributed by atoms with Gasteiger partial charge < -0.3 is 0 Å². The molecule has 1 heterocycles. The Balaban J connectivity index is 1.45. The number of ketones is 2.